The van der Waals surface area contributed by atoms with E-state index in [0.717, 1.165) is 31.0 Å². The van der Waals surface area contributed by atoms with Crippen LogP contribution < -0.4 is 5.32 Å². The molecule has 1 atom stereocenters. The van der Waals surface area contributed by atoms with Crippen molar-refractivity contribution in [3.63, 3.8) is 0 Å². The van der Waals surface area contributed by atoms with Crippen LogP contribution in [0.1, 0.15) is 12.2 Å². The van der Waals surface area contributed by atoms with E-state index < -0.39 is 0 Å². The Hall–Kier alpha value is -1.99. The third-order valence-electron chi connectivity index (χ3n) is 4.17. The van der Waals surface area contributed by atoms with Crippen molar-refractivity contribution in [3.05, 3.63) is 30.2 Å². The van der Waals surface area contributed by atoms with Gasteiger partial charge in [-0.15, -0.1) is 10.2 Å². The van der Waals surface area contributed by atoms with Crippen LogP contribution in [0.25, 0.3) is 5.65 Å². The van der Waals surface area contributed by atoms with Gasteiger partial charge < -0.3 is 10.2 Å². The molecule has 1 aliphatic rings. The summed E-state index contributed by atoms with van der Waals surface area (Å²) in [4.78, 5) is 16.5. The molecule has 1 unspecified atom stereocenters. The molecule has 7 nitrogen and oxygen atoms in total. The maximum Gasteiger partial charge on any atom is 0.234 e. The Labute approximate surface area is 129 Å². The molecule has 1 N–H and O–H groups in total. The lowest BCUT2D eigenvalue weighted by atomic mass is 10.2. The minimum atomic E-state index is 0.0343. The smallest absolute Gasteiger partial charge is 0.234 e. The van der Waals surface area contributed by atoms with Gasteiger partial charge in [-0.05, 0) is 32.6 Å². The summed E-state index contributed by atoms with van der Waals surface area (Å²) < 4.78 is 1.89. The normalized spacial score (nSPS) is 19.1. The summed E-state index contributed by atoms with van der Waals surface area (Å²) in [7, 11) is 4.18. The van der Waals surface area contributed by atoms with E-state index in [0.29, 0.717) is 19.1 Å². The molecule has 2 aromatic rings. The van der Waals surface area contributed by atoms with E-state index in [1.807, 2.05) is 28.8 Å². The summed E-state index contributed by atoms with van der Waals surface area (Å²) in [5.74, 6) is 0.781. The zero-order valence-corrected chi connectivity index (χ0v) is 13.1. The lowest BCUT2D eigenvalue weighted by Gasteiger charge is -2.19. The van der Waals surface area contributed by atoms with Crippen molar-refractivity contribution in [1.29, 1.82) is 0 Å². The third kappa shape index (κ3) is 3.26. The zero-order valence-electron chi connectivity index (χ0n) is 13.1. The molecule has 0 aliphatic carbocycles. The number of fused-ring (bicyclic) bond motifs is 1. The van der Waals surface area contributed by atoms with Gasteiger partial charge in [0.05, 0.1) is 13.1 Å². The molecule has 3 heterocycles. The second kappa shape index (κ2) is 6.41. The topological polar surface area (TPSA) is 65.8 Å². The first kappa shape index (κ1) is 14.9. The van der Waals surface area contributed by atoms with Gasteiger partial charge >= 0.3 is 0 Å². The summed E-state index contributed by atoms with van der Waals surface area (Å²) in [6.07, 6.45) is 3.02. The van der Waals surface area contributed by atoms with E-state index in [1.54, 1.807) is 0 Å². The first-order valence-corrected chi connectivity index (χ1v) is 7.57. The molecular formula is C15H22N6O. The van der Waals surface area contributed by atoms with Crippen LogP contribution in [0, 0.1) is 0 Å². The minimum Gasteiger partial charge on any atom is -0.348 e. The molecule has 0 bridgehead atoms. The van der Waals surface area contributed by atoms with E-state index >= 15 is 0 Å². The number of amides is 1. The van der Waals surface area contributed by atoms with Crippen LogP contribution in [0.3, 0.4) is 0 Å². The van der Waals surface area contributed by atoms with Crippen LogP contribution >= 0.6 is 0 Å². The fourth-order valence-corrected chi connectivity index (χ4v) is 2.83. The Balaban J connectivity index is 1.51. The SMILES string of the molecule is CN(C)C1CCN(CC(=O)NCc2nnc3ccccn23)C1. The Morgan fingerprint density at radius 2 is 2.27 bits per heavy atom. The molecular weight excluding hydrogens is 280 g/mol. The second-order valence-corrected chi connectivity index (χ2v) is 5.96. The number of likely N-dealkylation sites (N-methyl/N-ethyl adjacent to an activating group) is 1. The van der Waals surface area contributed by atoms with Crippen LogP contribution in [0.5, 0.6) is 0 Å². The number of carbonyl (C=O) groups is 1. The number of likely N-dealkylation sites (tertiary alicyclic amines) is 1. The molecule has 0 saturated carbocycles. The quantitative estimate of drug-likeness (QED) is 0.841. The predicted octanol–water partition coefficient (Wildman–Crippen LogP) is -0.0186. The Morgan fingerprint density at radius 3 is 3.05 bits per heavy atom. The van der Waals surface area contributed by atoms with Crippen molar-refractivity contribution in [3.8, 4) is 0 Å². The van der Waals surface area contributed by atoms with Gasteiger partial charge in [-0.1, -0.05) is 6.07 Å². The number of rotatable bonds is 5. The lowest BCUT2D eigenvalue weighted by Crippen LogP contribution is -2.38. The van der Waals surface area contributed by atoms with E-state index in [1.165, 1.54) is 0 Å². The number of pyridine rings is 1. The number of aromatic nitrogens is 3. The van der Waals surface area contributed by atoms with Crippen LogP contribution in [0.2, 0.25) is 0 Å². The molecule has 1 aliphatic heterocycles. The molecule has 1 amide bonds. The number of carbonyl (C=O) groups excluding carboxylic acids is 1. The van der Waals surface area contributed by atoms with Gasteiger partial charge in [0.25, 0.3) is 0 Å². The number of hydrogen-bond acceptors (Lipinski definition) is 5. The summed E-state index contributed by atoms with van der Waals surface area (Å²) in [5.41, 5.74) is 0.792. The lowest BCUT2D eigenvalue weighted by molar-refractivity contribution is -0.122. The van der Waals surface area contributed by atoms with Gasteiger partial charge in [0.15, 0.2) is 11.5 Å². The molecule has 0 aromatic carbocycles. The largest absolute Gasteiger partial charge is 0.348 e. The summed E-state index contributed by atoms with van der Waals surface area (Å²) in [6.45, 7) is 2.77. The van der Waals surface area contributed by atoms with E-state index in [-0.39, 0.29) is 5.91 Å². The number of nitrogens with zero attached hydrogens (tertiary/aromatic N) is 5. The fraction of sp³-hybridized carbons (Fsp3) is 0.533. The number of nitrogens with one attached hydrogen (secondary N) is 1. The van der Waals surface area contributed by atoms with Gasteiger partial charge in [0.2, 0.25) is 5.91 Å². The molecule has 1 saturated heterocycles. The van der Waals surface area contributed by atoms with Gasteiger partial charge in [0.1, 0.15) is 0 Å². The Bertz CT molecular complexity index is 652. The van der Waals surface area contributed by atoms with Crippen molar-refractivity contribution < 1.29 is 4.79 Å². The van der Waals surface area contributed by atoms with Crippen LogP contribution in [-0.2, 0) is 11.3 Å². The van der Waals surface area contributed by atoms with Gasteiger partial charge in [-0.2, -0.15) is 0 Å². The Kier molecular flexibility index (Phi) is 4.35. The van der Waals surface area contributed by atoms with Gasteiger partial charge in [-0.25, -0.2) is 0 Å². The second-order valence-electron chi connectivity index (χ2n) is 5.96. The van der Waals surface area contributed by atoms with Crippen molar-refractivity contribution in [2.24, 2.45) is 0 Å². The van der Waals surface area contributed by atoms with Crippen molar-refractivity contribution in [1.82, 2.24) is 29.7 Å². The van der Waals surface area contributed by atoms with E-state index in [2.05, 4.69) is 39.4 Å². The highest BCUT2D eigenvalue weighted by Gasteiger charge is 2.25. The first-order valence-electron chi connectivity index (χ1n) is 7.57. The molecule has 0 radical (unpaired) electrons. The summed E-state index contributed by atoms with van der Waals surface area (Å²) >= 11 is 0. The summed E-state index contributed by atoms with van der Waals surface area (Å²) in [5, 5.41) is 11.1. The number of hydrogen-bond donors (Lipinski definition) is 1. The highest BCUT2D eigenvalue weighted by Crippen LogP contribution is 2.12. The van der Waals surface area contributed by atoms with Crippen molar-refractivity contribution >= 4 is 11.6 Å². The van der Waals surface area contributed by atoms with Crippen molar-refractivity contribution in [2.45, 2.75) is 19.0 Å². The molecule has 3 rings (SSSR count). The van der Waals surface area contributed by atoms with Crippen molar-refractivity contribution in [2.75, 3.05) is 33.7 Å². The standard InChI is InChI=1S/C15H22N6O/c1-19(2)12-6-8-20(10-12)11-15(22)16-9-14-18-17-13-5-3-4-7-21(13)14/h3-5,7,12H,6,8-11H2,1-2H3,(H,16,22). The first-order chi connectivity index (χ1) is 10.6. The maximum atomic E-state index is 12.1. The third-order valence-corrected chi connectivity index (χ3v) is 4.17. The highest BCUT2D eigenvalue weighted by atomic mass is 16.2. The van der Waals surface area contributed by atoms with Gasteiger partial charge in [0, 0.05) is 25.3 Å². The highest BCUT2D eigenvalue weighted by molar-refractivity contribution is 5.78. The maximum absolute atomic E-state index is 12.1. The minimum absolute atomic E-state index is 0.0343. The van der Waals surface area contributed by atoms with E-state index in [9.17, 15) is 4.79 Å². The summed E-state index contributed by atoms with van der Waals surface area (Å²) in [6, 6.07) is 6.28. The molecule has 1 fully saturated rings. The van der Waals surface area contributed by atoms with E-state index in [4.69, 9.17) is 0 Å². The van der Waals surface area contributed by atoms with Gasteiger partial charge in [-0.3, -0.25) is 14.1 Å². The monoisotopic (exact) mass is 302 g/mol. The van der Waals surface area contributed by atoms with Crippen LogP contribution in [0.15, 0.2) is 24.4 Å². The predicted molar refractivity (Wildman–Crippen MR) is 83.4 cm³/mol. The molecule has 0 spiro atoms. The molecule has 7 heteroatoms. The average molecular weight is 302 g/mol. The fourth-order valence-electron chi connectivity index (χ4n) is 2.83. The van der Waals surface area contributed by atoms with Crippen LogP contribution in [-0.4, -0.2) is 70.1 Å². The van der Waals surface area contributed by atoms with Crippen LogP contribution in [0.4, 0.5) is 0 Å². The zero-order chi connectivity index (χ0) is 15.5. The Morgan fingerprint density at radius 1 is 1.41 bits per heavy atom. The molecule has 2 aromatic heterocycles. The molecule has 22 heavy (non-hydrogen) atoms. The average Bonchev–Trinajstić information content (AvgIpc) is 3.12. The molecule has 118 valence electrons.